The predicted molar refractivity (Wildman–Crippen MR) is 178 cm³/mol. The molecule has 0 radical (unpaired) electrons. The molecule has 276 valence electrons. The van der Waals surface area contributed by atoms with E-state index in [0.29, 0.717) is 25.9 Å². The summed E-state index contributed by atoms with van der Waals surface area (Å²) in [5.74, 6) is -2.39. The number of carboxylic acid groups (broad SMARTS) is 1. The molecule has 1 heterocycles. The number of carbonyl (C=O) groups excluding carboxylic acids is 2. The standard InChI is InChI=1S/C37H52N2O11/c1-7-39-18-34(19-50-32(43)20-10-8-9-11-23(20)38-26(40)12-13-27(41)42)15-14-25(46-3)36-22-16-21-24(45-2)17-35(49-6,28(22)29(21)47-4)37(44,33(36)39)31(48-5)30(34)36/h8-11,21-22,24-25,28-31,33,44H,7,12-19H2,1-6H3,(H,38,40)(H,41,42)/t21-,22-,24+,25?,28-,29+,30-,31+,33+,34+,35-,36+,37+/m1/s1. The minimum Gasteiger partial charge on any atom is -0.481 e. The number of fused-ring (bicyclic) bond motifs is 2. The molecule has 13 nitrogen and oxygen atoms in total. The summed E-state index contributed by atoms with van der Waals surface area (Å²) in [7, 11) is 8.61. The summed E-state index contributed by atoms with van der Waals surface area (Å²) >= 11 is 0. The molecule has 7 rings (SSSR count). The number of rotatable bonds is 13. The van der Waals surface area contributed by atoms with Crippen molar-refractivity contribution in [2.75, 3.05) is 60.6 Å². The van der Waals surface area contributed by atoms with Crippen LogP contribution in [0.3, 0.4) is 0 Å². The molecule has 1 amide bonds. The molecule has 6 aliphatic rings. The topological polar surface area (TPSA) is 162 Å². The first-order chi connectivity index (χ1) is 24.0. The van der Waals surface area contributed by atoms with Gasteiger partial charge in [0.25, 0.3) is 0 Å². The molecule has 1 unspecified atom stereocenters. The Labute approximate surface area is 293 Å². The van der Waals surface area contributed by atoms with E-state index in [2.05, 4.69) is 17.1 Å². The van der Waals surface area contributed by atoms with Gasteiger partial charge in [0.1, 0.15) is 11.2 Å². The molecular weight excluding hydrogens is 648 g/mol. The van der Waals surface area contributed by atoms with E-state index in [-0.39, 0.29) is 78.7 Å². The lowest BCUT2D eigenvalue weighted by Gasteiger charge is -2.70. The number of likely N-dealkylation sites (tertiary alicyclic amines) is 1. The fraction of sp³-hybridized carbons (Fsp3) is 0.757. The minimum atomic E-state index is -1.47. The molecular formula is C37H52N2O11. The highest BCUT2D eigenvalue weighted by atomic mass is 16.6. The van der Waals surface area contributed by atoms with E-state index in [1.54, 1.807) is 59.8 Å². The maximum atomic E-state index is 13.9. The number of carboxylic acids is 1. The van der Waals surface area contributed by atoms with Crippen LogP contribution in [-0.2, 0) is 38.0 Å². The average Bonchev–Trinajstić information content (AvgIpc) is 3.52. The number of hydrogen-bond acceptors (Lipinski definition) is 11. The Hall–Kier alpha value is -2.65. The molecule has 50 heavy (non-hydrogen) atoms. The van der Waals surface area contributed by atoms with Gasteiger partial charge in [-0.25, -0.2) is 4.79 Å². The van der Waals surface area contributed by atoms with Crippen molar-refractivity contribution < 1.29 is 53.0 Å². The molecule has 1 aromatic carbocycles. The number of likely N-dealkylation sites (N-methyl/N-ethyl adjacent to an activating group) is 1. The van der Waals surface area contributed by atoms with Crippen LogP contribution in [0.15, 0.2) is 24.3 Å². The summed E-state index contributed by atoms with van der Waals surface area (Å²) < 4.78 is 38.4. The van der Waals surface area contributed by atoms with Crippen LogP contribution in [-0.4, -0.2) is 130 Å². The van der Waals surface area contributed by atoms with Crippen molar-refractivity contribution in [3.8, 4) is 0 Å². The van der Waals surface area contributed by atoms with E-state index in [1.807, 2.05) is 0 Å². The van der Waals surface area contributed by atoms with Gasteiger partial charge in [-0.15, -0.1) is 0 Å². The van der Waals surface area contributed by atoms with Crippen LogP contribution in [0.1, 0.15) is 55.8 Å². The Morgan fingerprint density at radius 3 is 2.42 bits per heavy atom. The Kier molecular flexibility index (Phi) is 9.14. The number of carbonyl (C=O) groups is 3. The van der Waals surface area contributed by atoms with E-state index in [0.717, 1.165) is 12.8 Å². The van der Waals surface area contributed by atoms with Crippen LogP contribution in [0.25, 0.3) is 0 Å². The van der Waals surface area contributed by atoms with E-state index in [1.165, 1.54) is 0 Å². The summed E-state index contributed by atoms with van der Waals surface area (Å²) in [6, 6.07) is 6.23. The van der Waals surface area contributed by atoms with Gasteiger partial charge in [0, 0.05) is 83.5 Å². The fourth-order valence-electron chi connectivity index (χ4n) is 12.8. The molecule has 1 spiro atoms. The summed E-state index contributed by atoms with van der Waals surface area (Å²) in [6.45, 7) is 3.42. The van der Waals surface area contributed by atoms with E-state index in [9.17, 15) is 19.5 Å². The van der Waals surface area contributed by atoms with Crippen molar-refractivity contribution >= 4 is 23.5 Å². The van der Waals surface area contributed by atoms with Gasteiger partial charge < -0.3 is 44.0 Å². The monoisotopic (exact) mass is 700 g/mol. The van der Waals surface area contributed by atoms with Gasteiger partial charge >= 0.3 is 11.9 Å². The van der Waals surface area contributed by atoms with Crippen molar-refractivity contribution in [2.45, 2.75) is 87.1 Å². The molecule has 1 aliphatic heterocycles. The number of anilines is 1. The molecule has 6 fully saturated rings. The van der Waals surface area contributed by atoms with Crippen molar-refractivity contribution in [1.29, 1.82) is 0 Å². The SMILES string of the molecule is CCN1C[C@]2(COC(=O)c3ccccc3NC(=O)CCC(=O)O)CCC(OC)[C@@]34[C@@H]5C[C@H]6[C@H](OC)[C@@H]5[C@](OC)(C[C@@H]6OC)[C@](O)([C@@H](OC)[C@H]23)[C@@H]14. The molecule has 0 aromatic heterocycles. The molecule has 5 saturated carbocycles. The van der Waals surface area contributed by atoms with Crippen molar-refractivity contribution in [2.24, 2.45) is 34.5 Å². The number of aliphatic carboxylic acids is 1. The summed E-state index contributed by atoms with van der Waals surface area (Å²) in [5.41, 5.74) is -3.23. The quantitative estimate of drug-likeness (QED) is 0.259. The number of piperidine rings is 1. The Morgan fingerprint density at radius 1 is 1.02 bits per heavy atom. The molecule has 5 aliphatic carbocycles. The number of hydrogen-bond donors (Lipinski definition) is 3. The zero-order valence-corrected chi connectivity index (χ0v) is 29.9. The first-order valence-electron chi connectivity index (χ1n) is 17.9. The van der Waals surface area contributed by atoms with Gasteiger partial charge in [-0.1, -0.05) is 19.1 Å². The molecule has 13 atom stereocenters. The van der Waals surface area contributed by atoms with Crippen LogP contribution in [0, 0.1) is 34.5 Å². The zero-order valence-electron chi connectivity index (χ0n) is 29.9. The summed E-state index contributed by atoms with van der Waals surface area (Å²) in [4.78, 5) is 39.8. The number of esters is 1. The summed E-state index contributed by atoms with van der Waals surface area (Å²) in [5, 5.41) is 25.4. The molecule has 13 heteroatoms. The smallest absolute Gasteiger partial charge is 0.340 e. The predicted octanol–water partition coefficient (Wildman–Crippen LogP) is 2.59. The Bertz CT molecular complexity index is 1510. The Morgan fingerprint density at radius 2 is 1.78 bits per heavy atom. The average molecular weight is 701 g/mol. The molecule has 3 N–H and O–H groups in total. The number of methoxy groups -OCH3 is 5. The van der Waals surface area contributed by atoms with Crippen molar-refractivity contribution in [3.05, 3.63) is 29.8 Å². The van der Waals surface area contributed by atoms with Gasteiger partial charge in [0.15, 0.2) is 0 Å². The number of aliphatic hydroxyl groups is 1. The second-order valence-corrected chi connectivity index (χ2v) is 15.4. The number of para-hydroxylation sites is 1. The number of benzene rings is 1. The summed E-state index contributed by atoms with van der Waals surface area (Å²) in [6.07, 6.45) is 0.980. The third-order valence-electron chi connectivity index (χ3n) is 14.1. The van der Waals surface area contributed by atoms with Crippen LogP contribution in [0.2, 0.25) is 0 Å². The largest absolute Gasteiger partial charge is 0.481 e. The first-order valence-corrected chi connectivity index (χ1v) is 17.9. The molecule has 1 aromatic rings. The highest BCUT2D eigenvalue weighted by molar-refractivity contribution is 6.01. The van der Waals surface area contributed by atoms with Crippen molar-refractivity contribution in [1.82, 2.24) is 4.90 Å². The third kappa shape index (κ3) is 4.46. The van der Waals surface area contributed by atoms with Crippen LogP contribution >= 0.6 is 0 Å². The van der Waals surface area contributed by atoms with Gasteiger partial charge in [-0.3, -0.25) is 14.5 Å². The maximum Gasteiger partial charge on any atom is 0.340 e. The highest BCUT2D eigenvalue weighted by Crippen LogP contribution is 2.81. The van der Waals surface area contributed by atoms with Gasteiger partial charge in [0.05, 0.1) is 54.7 Å². The normalized spacial score (nSPS) is 43.8. The zero-order chi connectivity index (χ0) is 35.8. The number of amides is 1. The van der Waals surface area contributed by atoms with Crippen LogP contribution < -0.4 is 5.32 Å². The van der Waals surface area contributed by atoms with E-state index >= 15 is 0 Å². The second kappa shape index (κ2) is 12.8. The maximum absolute atomic E-state index is 13.9. The number of nitrogens with one attached hydrogen (secondary N) is 1. The highest BCUT2D eigenvalue weighted by Gasteiger charge is 2.92. The first kappa shape index (κ1) is 35.7. The van der Waals surface area contributed by atoms with Crippen molar-refractivity contribution in [3.63, 3.8) is 0 Å². The second-order valence-electron chi connectivity index (χ2n) is 15.4. The molecule has 1 saturated heterocycles. The number of ether oxygens (including phenoxy) is 6. The van der Waals surface area contributed by atoms with Crippen LogP contribution in [0.4, 0.5) is 5.69 Å². The minimum absolute atomic E-state index is 0.0457. The van der Waals surface area contributed by atoms with E-state index in [4.69, 9.17) is 33.5 Å². The van der Waals surface area contributed by atoms with Gasteiger partial charge in [-0.05, 0) is 43.9 Å². The Balaban J connectivity index is 1.31. The lowest BCUT2D eigenvalue weighted by atomic mass is 9.42. The van der Waals surface area contributed by atoms with Gasteiger partial charge in [-0.2, -0.15) is 0 Å². The fourth-order valence-corrected chi connectivity index (χ4v) is 12.8. The number of nitrogens with zero attached hydrogens (tertiary/aromatic N) is 1. The van der Waals surface area contributed by atoms with Gasteiger partial charge in [0.2, 0.25) is 5.91 Å². The lowest BCUT2D eigenvalue weighted by molar-refractivity contribution is -0.326. The lowest BCUT2D eigenvalue weighted by Crippen LogP contribution is -2.82. The molecule has 7 bridgehead atoms. The third-order valence-corrected chi connectivity index (χ3v) is 14.1. The van der Waals surface area contributed by atoms with E-state index < -0.39 is 46.0 Å². The van der Waals surface area contributed by atoms with Crippen LogP contribution in [0.5, 0.6) is 0 Å².